The lowest BCUT2D eigenvalue weighted by Crippen LogP contribution is -2.41. The van der Waals surface area contributed by atoms with Crippen LogP contribution in [0.15, 0.2) is 6.33 Å². The summed E-state index contributed by atoms with van der Waals surface area (Å²) < 4.78 is 7.86. The molecule has 0 saturated carbocycles. The highest BCUT2D eigenvalue weighted by Gasteiger charge is 2.22. The summed E-state index contributed by atoms with van der Waals surface area (Å²) in [6.07, 6.45) is 3.07. The van der Waals surface area contributed by atoms with E-state index in [9.17, 15) is 0 Å². The van der Waals surface area contributed by atoms with Crippen LogP contribution in [0.5, 0.6) is 0 Å². The number of aromatic nitrogens is 3. The summed E-state index contributed by atoms with van der Waals surface area (Å²) >= 11 is 0. The van der Waals surface area contributed by atoms with Crippen molar-refractivity contribution in [2.45, 2.75) is 45.9 Å². The molecule has 1 aliphatic rings. The molecular formula is C12H22N4O. The molecular weight excluding hydrogens is 216 g/mol. The van der Waals surface area contributed by atoms with Crippen molar-refractivity contribution in [3.05, 3.63) is 12.2 Å². The number of hydrogen-bond acceptors (Lipinski definition) is 4. The second kappa shape index (κ2) is 5.60. The molecule has 1 aromatic rings. The first-order chi connectivity index (χ1) is 8.18. The van der Waals surface area contributed by atoms with Crippen LogP contribution < -0.4 is 5.32 Å². The number of rotatable bonds is 4. The minimum absolute atomic E-state index is 0.293. The average Bonchev–Trinajstić information content (AvgIpc) is 2.76. The number of piperidine rings is 1. The van der Waals surface area contributed by atoms with Gasteiger partial charge in [-0.1, -0.05) is 6.92 Å². The number of nitrogens with zero attached hydrogens (tertiary/aromatic N) is 3. The maximum absolute atomic E-state index is 5.94. The van der Waals surface area contributed by atoms with Crippen LogP contribution >= 0.6 is 0 Å². The number of hydrogen-bond donors (Lipinski definition) is 1. The van der Waals surface area contributed by atoms with Gasteiger partial charge < -0.3 is 10.1 Å². The Morgan fingerprint density at radius 1 is 1.59 bits per heavy atom. The molecule has 1 N–H and O–H groups in total. The van der Waals surface area contributed by atoms with E-state index in [1.165, 1.54) is 6.42 Å². The molecule has 1 aromatic heterocycles. The third kappa shape index (κ3) is 3.04. The van der Waals surface area contributed by atoms with E-state index in [4.69, 9.17) is 4.74 Å². The van der Waals surface area contributed by atoms with E-state index < -0.39 is 0 Å². The van der Waals surface area contributed by atoms with Crippen LogP contribution in [0.1, 0.15) is 39.1 Å². The van der Waals surface area contributed by atoms with Crippen LogP contribution in [0, 0.1) is 5.92 Å². The van der Waals surface area contributed by atoms with E-state index >= 15 is 0 Å². The van der Waals surface area contributed by atoms with Crippen LogP contribution in [-0.2, 0) is 11.3 Å². The molecule has 0 bridgehead atoms. The minimum Gasteiger partial charge on any atom is -0.369 e. The lowest BCUT2D eigenvalue weighted by atomic mass is 9.97. The van der Waals surface area contributed by atoms with Gasteiger partial charge in [0.25, 0.3) is 0 Å². The molecule has 0 aromatic carbocycles. The molecule has 1 aliphatic heterocycles. The number of nitrogens with one attached hydrogen (secondary N) is 1. The standard InChI is InChI=1S/C12H22N4O/c1-9(2)16-12(14-8-15-16)7-17-11-6-13-5-4-10(11)3/h8-11,13H,4-7H2,1-3H3. The normalized spacial score (nSPS) is 25.4. The Labute approximate surface area is 103 Å². The first-order valence-electron chi connectivity index (χ1n) is 6.39. The van der Waals surface area contributed by atoms with Gasteiger partial charge >= 0.3 is 0 Å². The Kier molecular flexibility index (Phi) is 4.12. The fourth-order valence-corrected chi connectivity index (χ4v) is 2.17. The van der Waals surface area contributed by atoms with Crippen molar-refractivity contribution in [2.75, 3.05) is 13.1 Å². The lowest BCUT2D eigenvalue weighted by molar-refractivity contribution is -0.0112. The summed E-state index contributed by atoms with van der Waals surface area (Å²) in [6, 6.07) is 0.331. The van der Waals surface area contributed by atoms with E-state index in [2.05, 4.69) is 36.2 Å². The molecule has 0 spiro atoms. The van der Waals surface area contributed by atoms with Crippen LogP contribution in [0.2, 0.25) is 0 Å². The van der Waals surface area contributed by atoms with E-state index in [0.29, 0.717) is 24.7 Å². The maximum Gasteiger partial charge on any atom is 0.153 e. The highest BCUT2D eigenvalue weighted by atomic mass is 16.5. The molecule has 1 saturated heterocycles. The van der Waals surface area contributed by atoms with Crippen molar-refractivity contribution in [1.29, 1.82) is 0 Å². The van der Waals surface area contributed by atoms with Crippen LogP contribution in [0.3, 0.4) is 0 Å². The van der Waals surface area contributed by atoms with Gasteiger partial charge in [0.1, 0.15) is 12.9 Å². The molecule has 2 heterocycles. The highest BCUT2D eigenvalue weighted by Crippen LogP contribution is 2.16. The minimum atomic E-state index is 0.293. The average molecular weight is 238 g/mol. The van der Waals surface area contributed by atoms with Crippen molar-refractivity contribution >= 4 is 0 Å². The molecule has 0 aliphatic carbocycles. The first kappa shape index (κ1) is 12.5. The Hall–Kier alpha value is -0.940. The first-order valence-corrected chi connectivity index (χ1v) is 6.39. The molecule has 2 atom stereocenters. The summed E-state index contributed by atoms with van der Waals surface area (Å²) in [4.78, 5) is 4.25. The molecule has 17 heavy (non-hydrogen) atoms. The van der Waals surface area contributed by atoms with Gasteiger partial charge in [0, 0.05) is 12.6 Å². The second-order valence-corrected chi connectivity index (χ2v) is 5.03. The zero-order valence-electron chi connectivity index (χ0n) is 10.9. The van der Waals surface area contributed by atoms with Gasteiger partial charge in [0.05, 0.1) is 6.10 Å². The van der Waals surface area contributed by atoms with Gasteiger partial charge in [-0.05, 0) is 32.7 Å². The zero-order valence-corrected chi connectivity index (χ0v) is 10.9. The van der Waals surface area contributed by atoms with Crippen LogP contribution in [0.25, 0.3) is 0 Å². The highest BCUT2D eigenvalue weighted by molar-refractivity contribution is 4.85. The fourth-order valence-electron chi connectivity index (χ4n) is 2.17. The summed E-state index contributed by atoms with van der Waals surface area (Å²) in [6.45, 7) is 9.04. The summed E-state index contributed by atoms with van der Waals surface area (Å²) in [5.41, 5.74) is 0. The predicted octanol–water partition coefficient (Wildman–Crippen LogP) is 1.37. The van der Waals surface area contributed by atoms with Gasteiger partial charge in [-0.15, -0.1) is 0 Å². The van der Waals surface area contributed by atoms with E-state index in [-0.39, 0.29) is 0 Å². The topological polar surface area (TPSA) is 52.0 Å². The number of ether oxygens (including phenoxy) is 1. The van der Waals surface area contributed by atoms with Crippen LogP contribution in [0.4, 0.5) is 0 Å². The molecule has 2 unspecified atom stereocenters. The van der Waals surface area contributed by atoms with Crippen LogP contribution in [-0.4, -0.2) is 34.0 Å². The summed E-state index contributed by atoms with van der Waals surface area (Å²) in [5, 5.41) is 7.57. The zero-order chi connectivity index (χ0) is 12.3. The third-order valence-corrected chi connectivity index (χ3v) is 3.32. The predicted molar refractivity (Wildman–Crippen MR) is 65.6 cm³/mol. The second-order valence-electron chi connectivity index (χ2n) is 5.03. The molecule has 2 rings (SSSR count). The van der Waals surface area contributed by atoms with Gasteiger partial charge in [-0.25, -0.2) is 9.67 Å². The smallest absolute Gasteiger partial charge is 0.153 e. The molecule has 0 amide bonds. The van der Waals surface area contributed by atoms with Crippen molar-refractivity contribution in [1.82, 2.24) is 20.1 Å². The molecule has 5 heteroatoms. The largest absolute Gasteiger partial charge is 0.369 e. The third-order valence-electron chi connectivity index (χ3n) is 3.32. The van der Waals surface area contributed by atoms with Gasteiger partial charge in [-0.2, -0.15) is 5.10 Å². The van der Waals surface area contributed by atoms with Crippen molar-refractivity contribution < 1.29 is 4.74 Å². The lowest BCUT2D eigenvalue weighted by Gasteiger charge is -2.29. The molecule has 96 valence electrons. The summed E-state index contributed by atoms with van der Waals surface area (Å²) in [7, 11) is 0. The van der Waals surface area contributed by atoms with Crippen molar-refractivity contribution in [3.63, 3.8) is 0 Å². The Morgan fingerprint density at radius 3 is 3.12 bits per heavy atom. The fraction of sp³-hybridized carbons (Fsp3) is 0.833. The van der Waals surface area contributed by atoms with Gasteiger partial charge in [0.15, 0.2) is 5.82 Å². The van der Waals surface area contributed by atoms with Gasteiger partial charge in [-0.3, -0.25) is 0 Å². The molecule has 1 fully saturated rings. The van der Waals surface area contributed by atoms with Crippen molar-refractivity contribution in [3.8, 4) is 0 Å². The monoisotopic (exact) mass is 238 g/mol. The maximum atomic E-state index is 5.94. The van der Waals surface area contributed by atoms with E-state index in [1.807, 2.05) is 4.68 Å². The molecule has 5 nitrogen and oxygen atoms in total. The quantitative estimate of drug-likeness (QED) is 0.861. The Balaban J connectivity index is 1.90. The van der Waals surface area contributed by atoms with E-state index in [1.54, 1.807) is 6.33 Å². The SMILES string of the molecule is CC1CCNCC1OCc1ncnn1C(C)C. The summed E-state index contributed by atoms with van der Waals surface area (Å²) in [5.74, 6) is 1.53. The van der Waals surface area contributed by atoms with Crippen molar-refractivity contribution in [2.24, 2.45) is 5.92 Å². The Bertz CT molecular complexity index is 350. The van der Waals surface area contributed by atoms with E-state index in [0.717, 1.165) is 18.9 Å². The Morgan fingerprint density at radius 2 is 2.41 bits per heavy atom. The van der Waals surface area contributed by atoms with Gasteiger partial charge in [0.2, 0.25) is 0 Å². The molecule has 0 radical (unpaired) electrons.